The van der Waals surface area contributed by atoms with Crippen molar-refractivity contribution in [2.75, 3.05) is 5.73 Å². The highest BCUT2D eigenvalue weighted by Gasteiger charge is 2.47. The van der Waals surface area contributed by atoms with Crippen molar-refractivity contribution in [3.8, 4) is 0 Å². The molecule has 0 bridgehead atoms. The van der Waals surface area contributed by atoms with Crippen LogP contribution >= 0.6 is 0 Å². The normalized spacial score (nSPS) is 19.2. The molecule has 0 spiro atoms. The molecule has 2 aromatic rings. The van der Waals surface area contributed by atoms with Gasteiger partial charge in [-0.15, -0.1) is 0 Å². The fourth-order valence-electron chi connectivity index (χ4n) is 2.48. The third-order valence-corrected chi connectivity index (χ3v) is 3.80. The summed E-state index contributed by atoms with van der Waals surface area (Å²) < 4.78 is 0. The van der Waals surface area contributed by atoms with Crippen molar-refractivity contribution >= 4 is 16.9 Å². The summed E-state index contributed by atoms with van der Waals surface area (Å²) >= 11 is 0. The molecule has 4 N–H and O–H groups in total. The van der Waals surface area contributed by atoms with Gasteiger partial charge in [0.1, 0.15) is 5.82 Å². The summed E-state index contributed by atoms with van der Waals surface area (Å²) in [5, 5.41) is 0. The van der Waals surface area contributed by atoms with Gasteiger partial charge in [0.15, 0.2) is 0 Å². The summed E-state index contributed by atoms with van der Waals surface area (Å²) in [6, 6.07) is 6.36. The lowest BCUT2D eigenvalue weighted by Gasteiger charge is -2.20. The van der Waals surface area contributed by atoms with Crippen LogP contribution in [0.3, 0.4) is 0 Å². The second kappa shape index (κ2) is 3.40. The maximum atomic E-state index is 6.08. The zero-order valence-corrected chi connectivity index (χ0v) is 9.85. The standard InChI is InChI=1S/C13H16N4/c1-8(14)13(4-5-13)9-2-3-10-11(6-9)16-7-12(15)17-10/h2-3,6-8H,4-5,14H2,1H3,(H2,15,17). The van der Waals surface area contributed by atoms with Gasteiger partial charge in [0.05, 0.1) is 17.2 Å². The van der Waals surface area contributed by atoms with Gasteiger partial charge in [-0.25, -0.2) is 4.98 Å². The first-order chi connectivity index (χ1) is 8.12. The van der Waals surface area contributed by atoms with Crippen LogP contribution in [0.15, 0.2) is 24.4 Å². The molecule has 1 aliphatic carbocycles. The Morgan fingerprint density at radius 3 is 2.71 bits per heavy atom. The number of anilines is 1. The maximum absolute atomic E-state index is 6.08. The number of rotatable bonds is 2. The average Bonchev–Trinajstić information content (AvgIpc) is 3.09. The minimum atomic E-state index is 0.164. The predicted molar refractivity (Wildman–Crippen MR) is 68.5 cm³/mol. The van der Waals surface area contributed by atoms with E-state index in [0.29, 0.717) is 5.82 Å². The zero-order valence-electron chi connectivity index (χ0n) is 9.85. The molecule has 0 amide bonds. The Kier molecular flexibility index (Phi) is 2.10. The van der Waals surface area contributed by atoms with Crippen molar-refractivity contribution < 1.29 is 0 Å². The molecule has 1 heterocycles. The number of benzene rings is 1. The van der Waals surface area contributed by atoms with Crippen LogP contribution in [0.5, 0.6) is 0 Å². The molecular weight excluding hydrogens is 212 g/mol. The smallest absolute Gasteiger partial charge is 0.142 e. The summed E-state index contributed by atoms with van der Waals surface area (Å²) in [4.78, 5) is 8.56. The maximum Gasteiger partial charge on any atom is 0.142 e. The first-order valence-corrected chi connectivity index (χ1v) is 5.90. The fourth-order valence-corrected chi connectivity index (χ4v) is 2.48. The van der Waals surface area contributed by atoms with Gasteiger partial charge in [-0.05, 0) is 37.5 Å². The van der Waals surface area contributed by atoms with E-state index in [2.05, 4.69) is 29.0 Å². The number of nitrogens with two attached hydrogens (primary N) is 2. The Morgan fingerprint density at radius 2 is 2.06 bits per heavy atom. The van der Waals surface area contributed by atoms with Gasteiger partial charge in [0.2, 0.25) is 0 Å². The highest BCUT2D eigenvalue weighted by Crippen LogP contribution is 2.50. The summed E-state index contributed by atoms with van der Waals surface area (Å²) in [5.74, 6) is 0.457. The zero-order chi connectivity index (χ0) is 12.0. The molecule has 0 aliphatic heterocycles. The predicted octanol–water partition coefficient (Wildman–Crippen LogP) is 1.59. The molecule has 1 fully saturated rings. The highest BCUT2D eigenvalue weighted by molar-refractivity contribution is 5.76. The number of aromatic nitrogens is 2. The third-order valence-electron chi connectivity index (χ3n) is 3.80. The van der Waals surface area contributed by atoms with E-state index < -0.39 is 0 Å². The van der Waals surface area contributed by atoms with Gasteiger partial charge in [-0.3, -0.25) is 4.98 Å². The van der Waals surface area contributed by atoms with Crippen molar-refractivity contribution in [3.05, 3.63) is 30.0 Å². The first-order valence-electron chi connectivity index (χ1n) is 5.90. The molecule has 1 aromatic carbocycles. The van der Waals surface area contributed by atoms with Gasteiger partial charge >= 0.3 is 0 Å². The minimum absolute atomic E-state index is 0.164. The molecule has 88 valence electrons. The van der Waals surface area contributed by atoms with Crippen molar-refractivity contribution in [1.82, 2.24) is 9.97 Å². The van der Waals surface area contributed by atoms with Crippen LogP contribution in [0.25, 0.3) is 11.0 Å². The molecule has 1 saturated carbocycles. The first kappa shape index (κ1) is 10.5. The monoisotopic (exact) mass is 228 g/mol. The van der Waals surface area contributed by atoms with Gasteiger partial charge in [-0.2, -0.15) is 0 Å². The second-order valence-corrected chi connectivity index (χ2v) is 4.94. The van der Waals surface area contributed by atoms with Gasteiger partial charge in [0.25, 0.3) is 0 Å². The lowest BCUT2D eigenvalue weighted by Crippen LogP contribution is -2.31. The van der Waals surface area contributed by atoms with E-state index in [1.54, 1.807) is 6.20 Å². The van der Waals surface area contributed by atoms with E-state index in [1.807, 2.05) is 6.07 Å². The quantitative estimate of drug-likeness (QED) is 0.818. The molecule has 1 aliphatic rings. The molecule has 0 saturated heterocycles. The minimum Gasteiger partial charge on any atom is -0.382 e. The van der Waals surface area contributed by atoms with Crippen molar-refractivity contribution in [3.63, 3.8) is 0 Å². The molecule has 17 heavy (non-hydrogen) atoms. The summed E-state index contributed by atoms with van der Waals surface area (Å²) in [5.41, 5.74) is 14.9. The second-order valence-electron chi connectivity index (χ2n) is 4.94. The van der Waals surface area contributed by atoms with E-state index in [4.69, 9.17) is 11.5 Å². The van der Waals surface area contributed by atoms with Crippen LogP contribution in [0.4, 0.5) is 5.82 Å². The SMILES string of the molecule is CC(N)C1(c2ccc3nc(N)cnc3c2)CC1. The molecular formula is C13H16N4. The highest BCUT2D eigenvalue weighted by atomic mass is 14.9. The van der Waals surface area contributed by atoms with E-state index in [0.717, 1.165) is 11.0 Å². The number of nitrogen functional groups attached to an aromatic ring is 1. The number of hydrogen-bond acceptors (Lipinski definition) is 4. The Bertz CT molecular complexity index is 573. The van der Waals surface area contributed by atoms with Crippen molar-refractivity contribution in [2.45, 2.75) is 31.2 Å². The van der Waals surface area contributed by atoms with E-state index in [9.17, 15) is 0 Å². The Hall–Kier alpha value is -1.68. The number of fused-ring (bicyclic) bond motifs is 1. The van der Waals surface area contributed by atoms with Crippen LogP contribution < -0.4 is 11.5 Å². The van der Waals surface area contributed by atoms with Crippen LogP contribution in [0, 0.1) is 0 Å². The lowest BCUT2D eigenvalue weighted by atomic mass is 9.89. The largest absolute Gasteiger partial charge is 0.382 e. The molecule has 1 unspecified atom stereocenters. The molecule has 4 nitrogen and oxygen atoms in total. The summed E-state index contributed by atoms with van der Waals surface area (Å²) in [7, 11) is 0. The van der Waals surface area contributed by atoms with Crippen LogP contribution in [-0.2, 0) is 5.41 Å². The Balaban J connectivity index is 2.11. The Morgan fingerprint density at radius 1 is 1.29 bits per heavy atom. The van der Waals surface area contributed by atoms with Gasteiger partial charge < -0.3 is 11.5 Å². The average molecular weight is 228 g/mol. The molecule has 0 radical (unpaired) electrons. The van der Waals surface area contributed by atoms with Crippen LogP contribution in [-0.4, -0.2) is 16.0 Å². The molecule has 4 heteroatoms. The molecule has 1 atom stereocenters. The number of hydrogen-bond donors (Lipinski definition) is 2. The fraction of sp³-hybridized carbons (Fsp3) is 0.385. The molecule has 1 aromatic heterocycles. The van der Waals surface area contributed by atoms with E-state index in [-0.39, 0.29) is 11.5 Å². The summed E-state index contributed by atoms with van der Waals surface area (Å²) in [6.07, 6.45) is 3.93. The Labute approximate surface area is 100 Å². The van der Waals surface area contributed by atoms with E-state index >= 15 is 0 Å². The third kappa shape index (κ3) is 1.56. The lowest BCUT2D eigenvalue weighted by molar-refractivity contribution is 0.557. The van der Waals surface area contributed by atoms with Crippen LogP contribution in [0.1, 0.15) is 25.3 Å². The van der Waals surface area contributed by atoms with Crippen LogP contribution in [0.2, 0.25) is 0 Å². The van der Waals surface area contributed by atoms with Crippen molar-refractivity contribution in [1.29, 1.82) is 0 Å². The van der Waals surface area contributed by atoms with E-state index in [1.165, 1.54) is 18.4 Å². The topological polar surface area (TPSA) is 77.8 Å². The van der Waals surface area contributed by atoms with Gasteiger partial charge in [0, 0.05) is 11.5 Å². The van der Waals surface area contributed by atoms with Gasteiger partial charge in [-0.1, -0.05) is 6.07 Å². The summed E-state index contributed by atoms with van der Waals surface area (Å²) in [6.45, 7) is 2.08. The van der Waals surface area contributed by atoms with Crippen molar-refractivity contribution in [2.24, 2.45) is 5.73 Å². The number of nitrogens with zero attached hydrogens (tertiary/aromatic N) is 2. The molecule has 3 rings (SSSR count).